The van der Waals surface area contributed by atoms with Gasteiger partial charge >= 0.3 is 0 Å². The van der Waals surface area contributed by atoms with E-state index in [1.807, 2.05) is 29.6 Å². The van der Waals surface area contributed by atoms with Crippen molar-refractivity contribution in [1.29, 1.82) is 0 Å². The smallest absolute Gasteiger partial charge is 0.221 e. The first-order chi connectivity index (χ1) is 10.1. The van der Waals surface area contributed by atoms with Crippen LogP contribution in [0.15, 0.2) is 29.6 Å². The van der Waals surface area contributed by atoms with Crippen molar-refractivity contribution in [2.45, 2.75) is 13.5 Å². The normalized spacial score (nSPS) is 10.0. The van der Waals surface area contributed by atoms with Gasteiger partial charge in [-0.2, -0.15) is 0 Å². The highest BCUT2D eigenvalue weighted by Gasteiger charge is 2.08. The number of thiophene rings is 1. The van der Waals surface area contributed by atoms with E-state index in [2.05, 4.69) is 10.6 Å². The Morgan fingerprint density at radius 2 is 2.00 bits per heavy atom. The van der Waals surface area contributed by atoms with Crippen LogP contribution in [0.25, 0.3) is 0 Å². The lowest BCUT2D eigenvalue weighted by Gasteiger charge is -2.12. The molecule has 21 heavy (non-hydrogen) atoms. The van der Waals surface area contributed by atoms with E-state index in [0.717, 1.165) is 22.0 Å². The Morgan fingerprint density at radius 3 is 2.67 bits per heavy atom. The molecule has 5 nitrogen and oxygen atoms in total. The van der Waals surface area contributed by atoms with Crippen LogP contribution in [0.2, 0.25) is 0 Å². The van der Waals surface area contributed by atoms with Crippen molar-refractivity contribution in [1.82, 2.24) is 0 Å². The summed E-state index contributed by atoms with van der Waals surface area (Å²) in [6.07, 6.45) is 0. The number of methoxy groups -OCH3 is 2. The minimum absolute atomic E-state index is 0.0725. The number of rotatable bonds is 6. The van der Waals surface area contributed by atoms with E-state index in [0.29, 0.717) is 12.3 Å². The molecule has 2 N–H and O–H groups in total. The summed E-state index contributed by atoms with van der Waals surface area (Å²) in [5.41, 5.74) is 1.72. The fraction of sp³-hybridized carbons (Fsp3) is 0.267. The first-order valence-electron chi connectivity index (χ1n) is 6.44. The van der Waals surface area contributed by atoms with Crippen molar-refractivity contribution in [3.63, 3.8) is 0 Å². The zero-order valence-electron chi connectivity index (χ0n) is 12.2. The molecule has 1 aromatic heterocycles. The molecule has 0 unspecified atom stereocenters. The van der Waals surface area contributed by atoms with Gasteiger partial charge in [-0.05, 0) is 23.6 Å². The third-order valence-corrected chi connectivity index (χ3v) is 3.83. The zero-order valence-corrected chi connectivity index (χ0v) is 13.0. The predicted octanol–water partition coefficient (Wildman–Crippen LogP) is 3.34. The topological polar surface area (TPSA) is 59.6 Å². The zero-order chi connectivity index (χ0) is 15.2. The van der Waals surface area contributed by atoms with Gasteiger partial charge in [0.05, 0.1) is 32.1 Å². The molecule has 2 rings (SSSR count). The fourth-order valence-electron chi connectivity index (χ4n) is 1.90. The second-order valence-electron chi connectivity index (χ2n) is 4.36. The highest BCUT2D eigenvalue weighted by Crippen LogP contribution is 2.30. The van der Waals surface area contributed by atoms with Crippen LogP contribution in [0, 0.1) is 0 Å². The van der Waals surface area contributed by atoms with Crippen molar-refractivity contribution < 1.29 is 14.3 Å². The van der Waals surface area contributed by atoms with Gasteiger partial charge in [0.15, 0.2) is 0 Å². The summed E-state index contributed by atoms with van der Waals surface area (Å²) in [6, 6.07) is 7.50. The molecule has 0 aliphatic rings. The number of ether oxygens (including phenoxy) is 2. The Hall–Kier alpha value is -2.21. The van der Waals surface area contributed by atoms with E-state index in [-0.39, 0.29) is 5.91 Å². The summed E-state index contributed by atoms with van der Waals surface area (Å²) in [6.45, 7) is 2.11. The maximum absolute atomic E-state index is 11.1. The molecule has 1 amide bonds. The molecule has 0 saturated carbocycles. The Bertz CT molecular complexity index is 625. The number of benzene rings is 1. The van der Waals surface area contributed by atoms with Crippen LogP contribution >= 0.6 is 11.3 Å². The molecule has 2 aromatic rings. The number of carbonyl (C=O) groups excluding carboxylic acids is 1. The molecule has 1 heterocycles. The van der Waals surface area contributed by atoms with Gasteiger partial charge in [0.1, 0.15) is 11.5 Å². The first kappa shape index (κ1) is 15.2. The lowest BCUT2D eigenvalue weighted by atomic mass is 10.2. The Labute approximate surface area is 127 Å². The Morgan fingerprint density at radius 1 is 1.19 bits per heavy atom. The molecule has 112 valence electrons. The summed E-state index contributed by atoms with van der Waals surface area (Å²) in [5, 5.41) is 8.08. The number of hydrogen-bond acceptors (Lipinski definition) is 5. The molecule has 0 atom stereocenters. The molecular weight excluding hydrogens is 288 g/mol. The number of hydrogen-bond donors (Lipinski definition) is 2. The number of nitrogens with one attached hydrogen (secondary N) is 2. The second-order valence-corrected chi connectivity index (χ2v) is 5.36. The molecule has 0 radical (unpaired) electrons. The van der Waals surface area contributed by atoms with E-state index in [1.165, 1.54) is 6.92 Å². The van der Waals surface area contributed by atoms with E-state index in [9.17, 15) is 4.79 Å². The van der Waals surface area contributed by atoms with Gasteiger partial charge in [0.25, 0.3) is 0 Å². The summed E-state index contributed by atoms with van der Waals surface area (Å²) >= 11 is 1.59. The third-order valence-electron chi connectivity index (χ3n) is 2.90. The van der Waals surface area contributed by atoms with Gasteiger partial charge in [-0.25, -0.2) is 0 Å². The van der Waals surface area contributed by atoms with Gasteiger partial charge in [0, 0.05) is 17.9 Å². The summed E-state index contributed by atoms with van der Waals surface area (Å²) in [5.74, 6) is 1.39. The molecule has 0 bridgehead atoms. The van der Waals surface area contributed by atoms with Gasteiger partial charge in [-0.1, -0.05) is 0 Å². The van der Waals surface area contributed by atoms with Crippen LogP contribution in [0.3, 0.4) is 0 Å². The average molecular weight is 306 g/mol. The minimum atomic E-state index is -0.0725. The number of anilines is 2. The van der Waals surface area contributed by atoms with Crippen molar-refractivity contribution >= 4 is 28.6 Å². The molecular formula is C15H18N2O3S. The van der Waals surface area contributed by atoms with Crippen LogP contribution in [-0.2, 0) is 11.3 Å². The van der Waals surface area contributed by atoms with Crippen molar-refractivity contribution in [2.75, 3.05) is 24.9 Å². The Kier molecular flexibility index (Phi) is 5.05. The third kappa shape index (κ3) is 3.88. The fourth-order valence-corrected chi connectivity index (χ4v) is 2.67. The maximum atomic E-state index is 11.1. The van der Waals surface area contributed by atoms with E-state index in [4.69, 9.17) is 9.47 Å². The van der Waals surface area contributed by atoms with Crippen LogP contribution in [-0.4, -0.2) is 20.1 Å². The molecule has 0 fully saturated rings. The quantitative estimate of drug-likeness (QED) is 0.859. The summed E-state index contributed by atoms with van der Waals surface area (Å²) in [7, 11) is 3.24. The Balaban J connectivity index is 2.09. The van der Waals surface area contributed by atoms with E-state index in [1.54, 1.807) is 25.6 Å². The van der Waals surface area contributed by atoms with Crippen molar-refractivity contribution in [3.05, 3.63) is 34.5 Å². The standard InChI is InChI=1S/C15H18N2O3S/c1-10(18)17-13-6-7-21-15(13)9-16-12-5-4-11(19-2)8-14(12)20-3/h4-8,16H,9H2,1-3H3,(H,17,18). The molecule has 6 heteroatoms. The highest BCUT2D eigenvalue weighted by atomic mass is 32.1. The average Bonchev–Trinajstić information content (AvgIpc) is 2.91. The molecule has 1 aromatic carbocycles. The first-order valence-corrected chi connectivity index (χ1v) is 7.32. The predicted molar refractivity (Wildman–Crippen MR) is 85.5 cm³/mol. The SMILES string of the molecule is COc1ccc(NCc2sccc2NC(C)=O)c(OC)c1. The van der Waals surface area contributed by atoms with Crippen LogP contribution in [0.1, 0.15) is 11.8 Å². The van der Waals surface area contributed by atoms with Crippen LogP contribution in [0.4, 0.5) is 11.4 Å². The lowest BCUT2D eigenvalue weighted by molar-refractivity contribution is -0.114. The van der Waals surface area contributed by atoms with Crippen molar-refractivity contribution in [2.24, 2.45) is 0 Å². The minimum Gasteiger partial charge on any atom is -0.497 e. The highest BCUT2D eigenvalue weighted by molar-refractivity contribution is 7.10. The molecule has 0 saturated heterocycles. The lowest BCUT2D eigenvalue weighted by Crippen LogP contribution is -2.08. The largest absolute Gasteiger partial charge is 0.497 e. The van der Waals surface area contributed by atoms with E-state index < -0.39 is 0 Å². The summed E-state index contributed by atoms with van der Waals surface area (Å²) < 4.78 is 10.5. The van der Waals surface area contributed by atoms with Gasteiger partial charge in [-0.3, -0.25) is 4.79 Å². The summed E-state index contributed by atoms with van der Waals surface area (Å²) in [4.78, 5) is 12.2. The van der Waals surface area contributed by atoms with Crippen LogP contribution < -0.4 is 20.1 Å². The second kappa shape index (κ2) is 6.99. The molecule has 0 aliphatic carbocycles. The number of amides is 1. The van der Waals surface area contributed by atoms with Crippen molar-refractivity contribution in [3.8, 4) is 11.5 Å². The van der Waals surface area contributed by atoms with Gasteiger partial charge in [0.2, 0.25) is 5.91 Å². The molecule has 0 aliphatic heterocycles. The van der Waals surface area contributed by atoms with Gasteiger partial charge < -0.3 is 20.1 Å². The van der Waals surface area contributed by atoms with E-state index >= 15 is 0 Å². The monoisotopic (exact) mass is 306 g/mol. The van der Waals surface area contributed by atoms with Crippen LogP contribution in [0.5, 0.6) is 11.5 Å². The number of carbonyl (C=O) groups is 1. The van der Waals surface area contributed by atoms with Gasteiger partial charge in [-0.15, -0.1) is 11.3 Å². The maximum Gasteiger partial charge on any atom is 0.221 e. The molecule has 0 spiro atoms.